The second-order valence-corrected chi connectivity index (χ2v) is 2.78. The fourth-order valence-electron chi connectivity index (χ4n) is 1.48. The molecule has 0 aromatic heterocycles. The van der Waals surface area contributed by atoms with E-state index >= 15 is 0 Å². The van der Waals surface area contributed by atoms with E-state index in [-0.39, 0.29) is 18.8 Å². The van der Waals surface area contributed by atoms with Crippen LogP contribution in [0.5, 0.6) is 0 Å². The van der Waals surface area contributed by atoms with Gasteiger partial charge in [-0.3, -0.25) is 0 Å². The molecule has 58 valence electrons. The Morgan fingerprint density at radius 3 is 2.60 bits per heavy atom. The van der Waals surface area contributed by atoms with Gasteiger partial charge in [-0.25, -0.2) is 4.39 Å². The highest BCUT2D eigenvalue weighted by Gasteiger charge is 2.46. The van der Waals surface area contributed by atoms with Gasteiger partial charge in [0.05, 0.1) is 19.3 Å². The first-order chi connectivity index (χ1) is 4.79. The third-order valence-electron chi connectivity index (χ3n) is 2.03. The molecule has 0 radical (unpaired) electrons. The standard InChI is InChI=1S/C6H10FNO2/c7-3-1-9-6-4(8)2-10-5(3)6/h3-6H,1-2,8H2. The summed E-state index contributed by atoms with van der Waals surface area (Å²) in [6.07, 6.45) is -1.57. The van der Waals surface area contributed by atoms with Gasteiger partial charge in [-0.15, -0.1) is 0 Å². The first-order valence-corrected chi connectivity index (χ1v) is 3.42. The van der Waals surface area contributed by atoms with Crippen LogP contribution >= 0.6 is 0 Å². The summed E-state index contributed by atoms with van der Waals surface area (Å²) in [5.74, 6) is 0. The molecule has 0 spiro atoms. The smallest absolute Gasteiger partial charge is 0.152 e. The summed E-state index contributed by atoms with van der Waals surface area (Å²) in [5.41, 5.74) is 5.57. The quantitative estimate of drug-likeness (QED) is 0.500. The molecule has 4 atom stereocenters. The zero-order valence-electron chi connectivity index (χ0n) is 5.50. The summed E-state index contributed by atoms with van der Waals surface area (Å²) in [4.78, 5) is 0. The molecule has 0 amide bonds. The van der Waals surface area contributed by atoms with E-state index in [2.05, 4.69) is 0 Å². The minimum absolute atomic E-state index is 0.134. The molecule has 2 N–H and O–H groups in total. The van der Waals surface area contributed by atoms with Crippen LogP contribution in [-0.4, -0.2) is 37.6 Å². The van der Waals surface area contributed by atoms with Crippen molar-refractivity contribution in [3.63, 3.8) is 0 Å². The van der Waals surface area contributed by atoms with Crippen LogP contribution in [0.2, 0.25) is 0 Å². The molecule has 0 bridgehead atoms. The summed E-state index contributed by atoms with van der Waals surface area (Å²) in [5, 5.41) is 0. The molecule has 2 saturated heterocycles. The average Bonchev–Trinajstić information content (AvgIpc) is 2.41. The van der Waals surface area contributed by atoms with Gasteiger partial charge in [0, 0.05) is 0 Å². The monoisotopic (exact) mass is 147 g/mol. The predicted octanol–water partition coefficient (Wildman–Crippen LogP) is -0.551. The number of ether oxygens (including phenoxy) is 2. The van der Waals surface area contributed by atoms with Gasteiger partial charge in [-0.1, -0.05) is 0 Å². The largest absolute Gasteiger partial charge is 0.371 e. The van der Waals surface area contributed by atoms with Crippen LogP contribution in [-0.2, 0) is 9.47 Å². The molecule has 2 aliphatic heterocycles. The lowest BCUT2D eigenvalue weighted by atomic mass is 10.1. The molecule has 2 rings (SSSR count). The van der Waals surface area contributed by atoms with Gasteiger partial charge in [0.2, 0.25) is 0 Å². The number of fused-ring (bicyclic) bond motifs is 1. The van der Waals surface area contributed by atoms with E-state index in [1.165, 1.54) is 0 Å². The molecule has 10 heavy (non-hydrogen) atoms. The molecule has 0 aromatic carbocycles. The number of nitrogens with two attached hydrogens (primary N) is 1. The molecular weight excluding hydrogens is 137 g/mol. The lowest BCUT2D eigenvalue weighted by Crippen LogP contribution is -2.35. The SMILES string of the molecule is NC1COC2C(F)COC12. The third-order valence-corrected chi connectivity index (χ3v) is 2.03. The van der Waals surface area contributed by atoms with E-state index in [1.54, 1.807) is 0 Å². The molecule has 2 heterocycles. The zero-order chi connectivity index (χ0) is 7.14. The fourth-order valence-corrected chi connectivity index (χ4v) is 1.48. The van der Waals surface area contributed by atoms with Crippen LogP contribution in [0, 0.1) is 0 Å². The topological polar surface area (TPSA) is 44.5 Å². The van der Waals surface area contributed by atoms with E-state index in [9.17, 15) is 4.39 Å². The summed E-state index contributed by atoms with van der Waals surface area (Å²) in [6, 6.07) is -0.134. The molecule has 0 aliphatic carbocycles. The van der Waals surface area contributed by atoms with Crippen LogP contribution < -0.4 is 5.73 Å². The van der Waals surface area contributed by atoms with E-state index in [0.29, 0.717) is 6.61 Å². The van der Waals surface area contributed by atoms with Gasteiger partial charge in [0.15, 0.2) is 6.17 Å². The Hall–Kier alpha value is -0.190. The molecule has 0 saturated carbocycles. The Morgan fingerprint density at radius 2 is 1.90 bits per heavy atom. The van der Waals surface area contributed by atoms with Gasteiger partial charge in [0.1, 0.15) is 12.2 Å². The number of alkyl halides is 1. The van der Waals surface area contributed by atoms with E-state index < -0.39 is 12.3 Å². The van der Waals surface area contributed by atoms with Gasteiger partial charge in [-0.05, 0) is 0 Å². The van der Waals surface area contributed by atoms with E-state index in [4.69, 9.17) is 15.2 Å². The summed E-state index contributed by atoms with van der Waals surface area (Å²) in [7, 11) is 0. The number of rotatable bonds is 0. The average molecular weight is 147 g/mol. The molecule has 4 heteroatoms. The Kier molecular flexibility index (Phi) is 1.40. The molecule has 4 unspecified atom stereocenters. The predicted molar refractivity (Wildman–Crippen MR) is 32.4 cm³/mol. The van der Waals surface area contributed by atoms with Crippen molar-refractivity contribution in [2.75, 3.05) is 13.2 Å². The molecule has 2 aliphatic rings. The lowest BCUT2D eigenvalue weighted by molar-refractivity contribution is 0.0543. The first-order valence-electron chi connectivity index (χ1n) is 3.42. The van der Waals surface area contributed by atoms with Crippen molar-refractivity contribution in [3.05, 3.63) is 0 Å². The second kappa shape index (κ2) is 2.15. The Labute approximate surface area is 58.3 Å². The van der Waals surface area contributed by atoms with Crippen LogP contribution in [0.15, 0.2) is 0 Å². The van der Waals surface area contributed by atoms with Crippen molar-refractivity contribution >= 4 is 0 Å². The van der Waals surface area contributed by atoms with Crippen molar-refractivity contribution in [2.24, 2.45) is 5.73 Å². The van der Waals surface area contributed by atoms with E-state index in [0.717, 1.165) is 0 Å². The normalized spacial score (nSPS) is 53.4. The van der Waals surface area contributed by atoms with Crippen molar-refractivity contribution in [2.45, 2.75) is 24.4 Å². The van der Waals surface area contributed by atoms with Crippen LogP contribution in [0.3, 0.4) is 0 Å². The van der Waals surface area contributed by atoms with Crippen LogP contribution in [0.1, 0.15) is 0 Å². The number of hydrogen-bond acceptors (Lipinski definition) is 3. The van der Waals surface area contributed by atoms with E-state index in [1.807, 2.05) is 0 Å². The van der Waals surface area contributed by atoms with Crippen molar-refractivity contribution in [1.29, 1.82) is 0 Å². The van der Waals surface area contributed by atoms with Crippen molar-refractivity contribution in [3.8, 4) is 0 Å². The van der Waals surface area contributed by atoms with Crippen molar-refractivity contribution in [1.82, 2.24) is 0 Å². The maximum absolute atomic E-state index is 12.7. The fraction of sp³-hybridized carbons (Fsp3) is 1.00. The minimum atomic E-state index is -0.974. The van der Waals surface area contributed by atoms with Gasteiger partial charge < -0.3 is 15.2 Å². The van der Waals surface area contributed by atoms with Crippen LogP contribution in [0.4, 0.5) is 4.39 Å². The van der Waals surface area contributed by atoms with Crippen LogP contribution in [0.25, 0.3) is 0 Å². The van der Waals surface area contributed by atoms with Crippen molar-refractivity contribution < 1.29 is 13.9 Å². The summed E-state index contributed by atoms with van der Waals surface area (Å²) in [6.45, 7) is 0.568. The maximum atomic E-state index is 12.7. The number of hydrogen-bond donors (Lipinski definition) is 1. The minimum Gasteiger partial charge on any atom is -0.371 e. The van der Waals surface area contributed by atoms with Gasteiger partial charge >= 0.3 is 0 Å². The third kappa shape index (κ3) is 0.761. The zero-order valence-corrected chi connectivity index (χ0v) is 5.50. The Balaban J connectivity index is 2.09. The lowest BCUT2D eigenvalue weighted by Gasteiger charge is -2.09. The second-order valence-electron chi connectivity index (χ2n) is 2.78. The summed E-state index contributed by atoms with van der Waals surface area (Å²) >= 11 is 0. The Morgan fingerprint density at radius 1 is 1.20 bits per heavy atom. The molecule has 3 nitrogen and oxygen atoms in total. The highest BCUT2D eigenvalue weighted by Crippen LogP contribution is 2.27. The molecule has 0 aromatic rings. The highest BCUT2D eigenvalue weighted by molar-refractivity contribution is 4.96. The molecular formula is C6H10FNO2. The van der Waals surface area contributed by atoms with Gasteiger partial charge in [-0.2, -0.15) is 0 Å². The number of halogens is 1. The van der Waals surface area contributed by atoms with Gasteiger partial charge in [0.25, 0.3) is 0 Å². The highest BCUT2D eigenvalue weighted by atomic mass is 19.1. The maximum Gasteiger partial charge on any atom is 0.152 e. The molecule has 2 fully saturated rings. The summed E-state index contributed by atoms with van der Waals surface area (Å²) < 4.78 is 22.9. The Bertz CT molecular complexity index is 128. The first kappa shape index (κ1) is 6.52.